The van der Waals surface area contributed by atoms with E-state index < -0.39 is 0 Å². The second-order valence-corrected chi connectivity index (χ2v) is 6.49. The van der Waals surface area contributed by atoms with E-state index in [0.717, 1.165) is 40.7 Å². The highest BCUT2D eigenvalue weighted by atomic mass is 16.2. The first-order valence-corrected chi connectivity index (χ1v) is 9.17. The number of anilines is 3. The van der Waals surface area contributed by atoms with Gasteiger partial charge in [0.05, 0.1) is 5.52 Å². The van der Waals surface area contributed by atoms with Crippen LogP contribution in [0.25, 0.3) is 22.0 Å². The Morgan fingerprint density at radius 2 is 1.57 bits per heavy atom. The Balaban J connectivity index is 2.01. The van der Waals surface area contributed by atoms with Crippen LogP contribution in [-0.2, 0) is 9.59 Å². The van der Waals surface area contributed by atoms with E-state index in [4.69, 9.17) is 0 Å². The van der Waals surface area contributed by atoms with Gasteiger partial charge in [-0.1, -0.05) is 25.1 Å². The van der Waals surface area contributed by atoms with Gasteiger partial charge in [0, 0.05) is 31.5 Å². The third kappa shape index (κ3) is 4.62. The van der Waals surface area contributed by atoms with Gasteiger partial charge in [-0.15, -0.1) is 0 Å². The molecule has 3 N–H and O–H groups in total. The van der Waals surface area contributed by atoms with Crippen molar-refractivity contribution < 1.29 is 9.59 Å². The summed E-state index contributed by atoms with van der Waals surface area (Å²) in [6.07, 6.45) is 0.950. The van der Waals surface area contributed by atoms with Crippen LogP contribution in [0.5, 0.6) is 0 Å². The Kier molecular flexibility index (Phi) is 5.84. The predicted molar refractivity (Wildman–Crippen MR) is 112 cm³/mol. The van der Waals surface area contributed by atoms with E-state index in [-0.39, 0.29) is 17.8 Å². The Labute approximate surface area is 163 Å². The summed E-state index contributed by atoms with van der Waals surface area (Å²) in [5, 5.41) is 9.60. The van der Waals surface area contributed by atoms with Gasteiger partial charge in [0.15, 0.2) is 0 Å². The molecule has 0 saturated heterocycles. The average molecular weight is 377 g/mol. The summed E-state index contributed by atoms with van der Waals surface area (Å²) in [6.45, 7) is 5.76. The summed E-state index contributed by atoms with van der Waals surface area (Å²) in [5.41, 5.74) is 3.53. The lowest BCUT2D eigenvalue weighted by atomic mass is 10.0. The molecule has 7 heteroatoms. The number of aromatic nitrogens is 2. The Hall–Kier alpha value is -3.48. The van der Waals surface area contributed by atoms with Crippen molar-refractivity contribution in [3.63, 3.8) is 0 Å². The molecule has 0 aliphatic carbocycles. The van der Waals surface area contributed by atoms with Gasteiger partial charge in [0.2, 0.25) is 17.8 Å². The highest BCUT2D eigenvalue weighted by Crippen LogP contribution is 2.29. The quantitative estimate of drug-likeness (QED) is 0.603. The van der Waals surface area contributed by atoms with Crippen LogP contribution in [0.3, 0.4) is 0 Å². The number of hydrogen-bond donors (Lipinski definition) is 3. The zero-order chi connectivity index (χ0) is 20.1. The molecule has 7 nitrogen and oxygen atoms in total. The van der Waals surface area contributed by atoms with Crippen molar-refractivity contribution in [2.45, 2.75) is 27.2 Å². The summed E-state index contributed by atoms with van der Waals surface area (Å²) in [7, 11) is 0. The number of amides is 2. The SMILES string of the molecule is CCCNc1nc(NC(C)=O)nc2ccc(-c3ccc(NC(C)=O)cc3)cc12. The third-order valence-electron chi connectivity index (χ3n) is 4.06. The van der Waals surface area contributed by atoms with Crippen LogP contribution >= 0.6 is 0 Å². The van der Waals surface area contributed by atoms with Crippen molar-refractivity contribution in [3.05, 3.63) is 42.5 Å². The second-order valence-electron chi connectivity index (χ2n) is 6.49. The van der Waals surface area contributed by atoms with E-state index in [0.29, 0.717) is 5.82 Å². The van der Waals surface area contributed by atoms with Crippen molar-refractivity contribution in [2.24, 2.45) is 0 Å². The monoisotopic (exact) mass is 377 g/mol. The second kappa shape index (κ2) is 8.47. The first-order chi connectivity index (χ1) is 13.5. The molecule has 2 amide bonds. The molecule has 0 atom stereocenters. The molecule has 0 aliphatic heterocycles. The number of benzene rings is 2. The summed E-state index contributed by atoms with van der Waals surface area (Å²) < 4.78 is 0. The first-order valence-electron chi connectivity index (χ1n) is 9.17. The summed E-state index contributed by atoms with van der Waals surface area (Å²) in [4.78, 5) is 31.4. The maximum absolute atomic E-state index is 11.4. The number of carbonyl (C=O) groups is 2. The number of carbonyl (C=O) groups excluding carboxylic acids is 2. The lowest BCUT2D eigenvalue weighted by Crippen LogP contribution is -2.11. The fourth-order valence-electron chi connectivity index (χ4n) is 2.85. The number of hydrogen-bond acceptors (Lipinski definition) is 5. The van der Waals surface area contributed by atoms with Crippen molar-refractivity contribution in [2.75, 3.05) is 22.5 Å². The number of fused-ring (bicyclic) bond motifs is 1. The van der Waals surface area contributed by atoms with Crippen LogP contribution in [-0.4, -0.2) is 28.3 Å². The first kappa shape index (κ1) is 19.3. The molecule has 0 radical (unpaired) electrons. The van der Waals surface area contributed by atoms with Gasteiger partial charge in [-0.3, -0.25) is 14.9 Å². The standard InChI is InChI=1S/C21H23N5O2/c1-4-11-22-20-18-12-16(15-5-8-17(9-6-15)23-13(2)27)7-10-19(18)25-21(26-20)24-14(3)28/h5-10,12H,4,11H2,1-3H3,(H,23,27)(H2,22,24,25,26,28). The molecule has 28 heavy (non-hydrogen) atoms. The molecule has 3 aromatic rings. The third-order valence-corrected chi connectivity index (χ3v) is 4.06. The maximum Gasteiger partial charge on any atom is 0.231 e. The molecule has 1 aromatic heterocycles. The average Bonchev–Trinajstić information content (AvgIpc) is 2.65. The fourth-order valence-corrected chi connectivity index (χ4v) is 2.85. The minimum atomic E-state index is -0.211. The van der Waals surface area contributed by atoms with Crippen molar-refractivity contribution in [3.8, 4) is 11.1 Å². The van der Waals surface area contributed by atoms with E-state index >= 15 is 0 Å². The Morgan fingerprint density at radius 1 is 0.893 bits per heavy atom. The van der Waals surface area contributed by atoms with Crippen molar-refractivity contribution in [1.82, 2.24) is 9.97 Å². The molecule has 0 bridgehead atoms. The van der Waals surface area contributed by atoms with Crippen LogP contribution < -0.4 is 16.0 Å². The molecular formula is C21H23N5O2. The summed E-state index contributed by atoms with van der Waals surface area (Å²) >= 11 is 0. The minimum Gasteiger partial charge on any atom is -0.369 e. The van der Waals surface area contributed by atoms with Crippen LogP contribution in [0.15, 0.2) is 42.5 Å². The minimum absolute atomic E-state index is 0.0998. The van der Waals surface area contributed by atoms with E-state index in [1.165, 1.54) is 13.8 Å². The van der Waals surface area contributed by atoms with Gasteiger partial charge in [0.25, 0.3) is 0 Å². The van der Waals surface area contributed by atoms with Gasteiger partial charge in [0.1, 0.15) is 5.82 Å². The van der Waals surface area contributed by atoms with Crippen molar-refractivity contribution >= 4 is 40.2 Å². The number of nitrogens with zero attached hydrogens (tertiary/aromatic N) is 2. The van der Waals surface area contributed by atoms with Gasteiger partial charge in [-0.2, -0.15) is 4.98 Å². The van der Waals surface area contributed by atoms with Gasteiger partial charge in [-0.05, 0) is 41.8 Å². The largest absolute Gasteiger partial charge is 0.369 e. The van der Waals surface area contributed by atoms with E-state index in [9.17, 15) is 9.59 Å². The molecule has 1 heterocycles. The van der Waals surface area contributed by atoms with Crippen LogP contribution in [0.2, 0.25) is 0 Å². The Morgan fingerprint density at radius 3 is 2.21 bits per heavy atom. The molecule has 0 aliphatic rings. The lowest BCUT2D eigenvalue weighted by molar-refractivity contribution is -0.115. The smallest absolute Gasteiger partial charge is 0.231 e. The zero-order valence-electron chi connectivity index (χ0n) is 16.2. The number of rotatable bonds is 6. The molecular weight excluding hydrogens is 354 g/mol. The highest BCUT2D eigenvalue weighted by molar-refractivity contribution is 5.95. The summed E-state index contributed by atoms with van der Waals surface area (Å²) in [6, 6.07) is 13.6. The molecule has 0 unspecified atom stereocenters. The number of nitrogens with one attached hydrogen (secondary N) is 3. The van der Waals surface area contributed by atoms with E-state index in [1.807, 2.05) is 42.5 Å². The van der Waals surface area contributed by atoms with Crippen LogP contribution in [0.1, 0.15) is 27.2 Å². The van der Waals surface area contributed by atoms with Gasteiger partial charge in [-0.25, -0.2) is 4.98 Å². The van der Waals surface area contributed by atoms with E-state index in [2.05, 4.69) is 32.8 Å². The van der Waals surface area contributed by atoms with Crippen molar-refractivity contribution in [1.29, 1.82) is 0 Å². The lowest BCUT2D eigenvalue weighted by Gasteiger charge is -2.12. The molecule has 0 saturated carbocycles. The van der Waals surface area contributed by atoms with Gasteiger partial charge < -0.3 is 10.6 Å². The molecule has 3 rings (SSSR count). The highest BCUT2D eigenvalue weighted by Gasteiger charge is 2.10. The van der Waals surface area contributed by atoms with E-state index in [1.54, 1.807) is 0 Å². The van der Waals surface area contributed by atoms with Crippen LogP contribution in [0, 0.1) is 0 Å². The molecule has 0 spiro atoms. The molecule has 2 aromatic carbocycles. The maximum atomic E-state index is 11.4. The van der Waals surface area contributed by atoms with Crippen LogP contribution in [0.4, 0.5) is 17.5 Å². The predicted octanol–water partition coefficient (Wildman–Crippen LogP) is 4.04. The zero-order valence-corrected chi connectivity index (χ0v) is 16.2. The Bertz CT molecular complexity index is 1020. The normalized spacial score (nSPS) is 10.5. The molecule has 0 fully saturated rings. The fraction of sp³-hybridized carbons (Fsp3) is 0.238. The summed E-state index contributed by atoms with van der Waals surface area (Å²) in [5.74, 6) is 0.659. The topological polar surface area (TPSA) is 96.0 Å². The molecule has 144 valence electrons. The van der Waals surface area contributed by atoms with Gasteiger partial charge >= 0.3 is 0 Å².